The maximum atomic E-state index is 14.4. The van der Waals surface area contributed by atoms with E-state index in [0.717, 1.165) is 5.56 Å². The van der Waals surface area contributed by atoms with E-state index in [2.05, 4.69) is 63.8 Å². The monoisotopic (exact) mass is 1240 g/mol. The number of esters is 1. The van der Waals surface area contributed by atoms with Crippen molar-refractivity contribution in [3.63, 3.8) is 0 Å². The number of ether oxygens (including phenoxy) is 1. The second-order valence-corrected chi connectivity index (χ2v) is 22.6. The Balaban J connectivity index is 2.38. The number of benzene rings is 1. The van der Waals surface area contributed by atoms with Gasteiger partial charge in [-0.3, -0.25) is 62.9 Å². The number of nitrogens with two attached hydrogens (primary N) is 2. The summed E-state index contributed by atoms with van der Waals surface area (Å²) in [6, 6.07) is -5.58. The molecule has 88 heavy (non-hydrogen) atoms. The Morgan fingerprint density at radius 2 is 1.00 bits per heavy atom. The van der Waals surface area contributed by atoms with Crippen LogP contribution in [0.15, 0.2) is 30.3 Å². The first-order chi connectivity index (χ1) is 41.5. The van der Waals surface area contributed by atoms with Gasteiger partial charge in [-0.25, -0.2) is 0 Å². The van der Waals surface area contributed by atoms with Gasteiger partial charge in [0, 0.05) is 25.4 Å². The molecule has 11 amide bonds. The summed E-state index contributed by atoms with van der Waals surface area (Å²) in [7, 11) is 1.59. The number of guanidine groups is 1. The van der Waals surface area contributed by atoms with Crippen molar-refractivity contribution in [2.75, 3.05) is 26.8 Å². The highest BCUT2D eigenvalue weighted by Crippen LogP contribution is 2.16. The molecular formula is C58H97N15O15. The molecule has 19 N–H and O–H groups in total. The zero-order chi connectivity index (χ0) is 66.5. The van der Waals surface area contributed by atoms with Crippen molar-refractivity contribution in [3.8, 4) is 0 Å². The third kappa shape index (κ3) is 25.0. The number of nitrogens with one attached hydrogen (secondary N) is 13. The summed E-state index contributed by atoms with van der Waals surface area (Å²) >= 11 is 0. The van der Waals surface area contributed by atoms with Crippen molar-refractivity contribution < 1.29 is 72.5 Å². The SMILES string of the molecule is CC[C@H](C)CC(=O)O[C@@H](C)[C@@H](NC(=O)[C@H](CO)NC(=O)[C@@H](NC(=O)[C@H](NC(=O)[C@@H](CCC(N)=O)NC(=O)[C@H](CO)NC(=O)[C@@H](NC(=O)[C@@H](Cc1ccccc1)NC)[C@@H](C)CC)[C@@H](C)CC)[C@@H](C)CC)C(=O)N[C@@H](C)C(=O)N[C@@H](C[C@H]1CNC(=N)N1)C(N)=O. The van der Waals surface area contributed by atoms with Crippen LogP contribution in [0.1, 0.15) is 126 Å². The molecule has 1 aromatic rings. The van der Waals surface area contributed by atoms with Gasteiger partial charge in [0.25, 0.3) is 0 Å². The number of carbonyl (C=O) groups is 12. The van der Waals surface area contributed by atoms with Gasteiger partial charge in [-0.15, -0.1) is 0 Å². The first kappa shape index (κ1) is 76.1. The molecular weight excluding hydrogens is 1150 g/mol. The van der Waals surface area contributed by atoms with E-state index in [0.29, 0.717) is 19.3 Å². The quantitative estimate of drug-likeness (QED) is 0.0282. The third-order valence-corrected chi connectivity index (χ3v) is 15.7. The summed E-state index contributed by atoms with van der Waals surface area (Å²) in [5.41, 5.74) is 11.9. The highest BCUT2D eigenvalue weighted by Gasteiger charge is 2.39. The minimum Gasteiger partial charge on any atom is -0.460 e. The predicted molar refractivity (Wildman–Crippen MR) is 323 cm³/mol. The number of amides is 11. The first-order valence-electron chi connectivity index (χ1n) is 30.0. The molecule has 0 bridgehead atoms. The van der Waals surface area contributed by atoms with E-state index in [1.807, 2.05) is 37.3 Å². The molecule has 1 saturated heterocycles. The Morgan fingerprint density at radius 3 is 1.44 bits per heavy atom. The van der Waals surface area contributed by atoms with Crippen LogP contribution >= 0.6 is 0 Å². The molecule has 0 radical (unpaired) electrons. The molecule has 1 aliphatic heterocycles. The number of aliphatic hydroxyl groups excluding tert-OH is 2. The Bertz CT molecular complexity index is 2550. The van der Waals surface area contributed by atoms with Crippen molar-refractivity contribution in [3.05, 3.63) is 35.9 Å². The smallest absolute Gasteiger partial charge is 0.306 e. The van der Waals surface area contributed by atoms with E-state index >= 15 is 0 Å². The van der Waals surface area contributed by atoms with Gasteiger partial charge in [0.1, 0.15) is 60.5 Å². The van der Waals surface area contributed by atoms with Crippen molar-refractivity contribution >= 4 is 76.9 Å². The number of aliphatic hydroxyl groups is 2. The van der Waals surface area contributed by atoms with Crippen molar-refractivity contribution in [2.24, 2.45) is 35.1 Å². The Morgan fingerprint density at radius 1 is 0.568 bits per heavy atom. The lowest BCUT2D eigenvalue weighted by molar-refractivity contribution is -0.153. The first-order valence-corrected chi connectivity index (χ1v) is 30.0. The van der Waals surface area contributed by atoms with Gasteiger partial charge in [-0.2, -0.15) is 0 Å². The topological polar surface area (TPSA) is 475 Å². The van der Waals surface area contributed by atoms with Gasteiger partial charge in [0.15, 0.2) is 5.96 Å². The van der Waals surface area contributed by atoms with Gasteiger partial charge < -0.3 is 90.2 Å². The van der Waals surface area contributed by atoms with E-state index in [4.69, 9.17) is 21.6 Å². The molecule has 1 aromatic carbocycles. The van der Waals surface area contributed by atoms with Crippen LogP contribution in [-0.2, 0) is 68.7 Å². The molecule has 2 rings (SSSR count). The van der Waals surface area contributed by atoms with Gasteiger partial charge in [-0.05, 0) is 69.4 Å². The summed E-state index contributed by atoms with van der Waals surface area (Å²) in [5, 5.41) is 59.7. The van der Waals surface area contributed by atoms with E-state index in [1.54, 1.807) is 55.5 Å². The minimum absolute atomic E-state index is 0.0112. The Kier molecular flexibility index (Phi) is 33.1. The van der Waals surface area contributed by atoms with E-state index in [1.165, 1.54) is 13.8 Å². The molecule has 0 aromatic heterocycles. The van der Waals surface area contributed by atoms with Gasteiger partial charge in [0.2, 0.25) is 65.0 Å². The highest BCUT2D eigenvalue weighted by molar-refractivity contribution is 5.99. The van der Waals surface area contributed by atoms with E-state index < -0.39 is 187 Å². The normalized spacial score (nSPS) is 17.9. The van der Waals surface area contributed by atoms with E-state index in [9.17, 15) is 67.7 Å². The van der Waals surface area contributed by atoms with Crippen LogP contribution in [0.25, 0.3) is 0 Å². The number of hydrogen-bond donors (Lipinski definition) is 17. The van der Waals surface area contributed by atoms with Crippen LogP contribution in [-0.4, -0.2) is 186 Å². The van der Waals surface area contributed by atoms with E-state index in [-0.39, 0.29) is 44.1 Å². The standard InChI is InChI=1S/C58H97N15O15/c1-12-29(5)23-43(77)88-34(10)47(57(87)64-33(9)49(79)67-38(48(60)78)25-36-26-63-58(61)65-36)73-53(83)41(28-75)69-55(85)45(31(7)14-3)72-56(86)46(32(8)15-4)70-50(80)37(21-22-42(59)76)66-52(82)40(27-74)68-54(84)44(30(6)13-2)71-51(81)39(62-11)24-35-19-17-16-18-20-35/h16-20,29-34,36-41,44-47,62,74-75H,12-15,21-28H2,1-11H3,(H2,59,76)(H2,60,78)(H,64,87)(H,66,82)(H,67,79)(H,68,84)(H,69,85)(H,70,80)(H,71,81)(H,72,86)(H,73,83)(H3,61,63,65)/t29-,30-,31-,32-,33-,34-,36-,37+,38-,39+,40-,41-,44-,45-,46+,47+/m0/s1. The molecule has 30 nitrogen and oxygen atoms in total. The van der Waals surface area contributed by atoms with Gasteiger partial charge in [0.05, 0.1) is 19.3 Å². The number of rotatable bonds is 40. The zero-order valence-electron chi connectivity index (χ0n) is 52.5. The fourth-order valence-electron chi connectivity index (χ4n) is 9.04. The Labute approximate surface area is 514 Å². The number of primary amides is 2. The third-order valence-electron chi connectivity index (χ3n) is 15.7. The molecule has 30 heteroatoms. The van der Waals surface area contributed by atoms with Crippen molar-refractivity contribution in [1.82, 2.24) is 63.8 Å². The van der Waals surface area contributed by atoms with Crippen LogP contribution in [0, 0.1) is 29.1 Å². The van der Waals surface area contributed by atoms with Gasteiger partial charge >= 0.3 is 5.97 Å². The molecule has 0 spiro atoms. The fourth-order valence-corrected chi connectivity index (χ4v) is 9.04. The van der Waals surface area contributed by atoms with Crippen LogP contribution in [0.2, 0.25) is 0 Å². The maximum absolute atomic E-state index is 14.4. The summed E-state index contributed by atoms with van der Waals surface area (Å²) in [4.78, 5) is 163. The summed E-state index contributed by atoms with van der Waals surface area (Å²) < 4.78 is 5.55. The molecule has 494 valence electrons. The number of hydrogen-bond acceptors (Lipinski definition) is 17. The Hall–Kier alpha value is -7.99. The van der Waals surface area contributed by atoms with Crippen LogP contribution in [0.4, 0.5) is 0 Å². The predicted octanol–water partition coefficient (Wildman–Crippen LogP) is -3.67. The van der Waals surface area contributed by atoms with Crippen molar-refractivity contribution in [2.45, 2.75) is 200 Å². The molecule has 1 fully saturated rings. The molecule has 0 saturated carbocycles. The molecule has 1 aliphatic rings. The van der Waals surface area contributed by atoms with Gasteiger partial charge in [-0.1, -0.05) is 111 Å². The maximum Gasteiger partial charge on any atom is 0.306 e. The molecule has 1 heterocycles. The summed E-state index contributed by atoms with van der Waals surface area (Å²) in [6.45, 7) is 14.6. The summed E-state index contributed by atoms with van der Waals surface area (Å²) in [6.07, 6.45) is -0.511. The minimum atomic E-state index is -1.82. The lowest BCUT2D eigenvalue weighted by atomic mass is 9.94. The molecule has 16 atom stereocenters. The second kappa shape index (κ2) is 38.3. The lowest BCUT2D eigenvalue weighted by Gasteiger charge is -2.31. The average molecular weight is 1240 g/mol. The molecule has 0 unspecified atom stereocenters. The van der Waals surface area contributed by atoms with Crippen LogP contribution < -0.4 is 75.3 Å². The second-order valence-electron chi connectivity index (χ2n) is 22.6. The average Bonchev–Trinajstić information content (AvgIpc) is 2.08. The largest absolute Gasteiger partial charge is 0.460 e. The zero-order valence-corrected chi connectivity index (χ0v) is 52.5. The van der Waals surface area contributed by atoms with Crippen LogP contribution in [0.3, 0.4) is 0 Å². The number of likely N-dealkylation sites (N-methyl/N-ethyl adjacent to an activating group) is 1. The fraction of sp³-hybridized carbons (Fsp3) is 0.672. The molecule has 0 aliphatic carbocycles. The van der Waals surface area contributed by atoms with Crippen molar-refractivity contribution in [1.29, 1.82) is 5.41 Å². The van der Waals surface area contributed by atoms with Crippen LogP contribution in [0.5, 0.6) is 0 Å². The lowest BCUT2D eigenvalue weighted by Crippen LogP contribution is -2.63. The number of carbonyl (C=O) groups excluding carboxylic acids is 12. The summed E-state index contributed by atoms with van der Waals surface area (Å²) in [5.74, 6) is -12.8. The highest BCUT2D eigenvalue weighted by atomic mass is 16.5.